The molecule has 0 aromatic carbocycles. The van der Waals surface area contributed by atoms with E-state index in [2.05, 4.69) is 20.9 Å². The van der Waals surface area contributed by atoms with E-state index in [9.17, 15) is 9.90 Å². The normalized spacial score (nSPS) is 23.7. The van der Waals surface area contributed by atoms with Crippen molar-refractivity contribution in [3.63, 3.8) is 0 Å². The third-order valence-corrected chi connectivity index (χ3v) is 3.75. The van der Waals surface area contributed by atoms with Gasteiger partial charge in [0.05, 0.1) is 6.61 Å². The van der Waals surface area contributed by atoms with Crippen LogP contribution in [0.25, 0.3) is 0 Å². The number of ether oxygens (including phenoxy) is 2. The molecule has 1 aromatic rings. The molecule has 1 N–H and O–H groups in total. The van der Waals surface area contributed by atoms with E-state index >= 15 is 0 Å². The Morgan fingerprint density at radius 2 is 2.44 bits per heavy atom. The Kier molecular flexibility index (Phi) is 3.87. The summed E-state index contributed by atoms with van der Waals surface area (Å²) in [5.41, 5.74) is -0.372. The minimum Gasteiger partial charge on any atom is -0.478 e. The zero-order valence-electron chi connectivity index (χ0n) is 9.98. The van der Waals surface area contributed by atoms with E-state index in [0.717, 1.165) is 10.0 Å². The number of aliphatic carboxylic acids is 1. The third kappa shape index (κ3) is 2.64. The van der Waals surface area contributed by atoms with E-state index in [1.54, 1.807) is 12.3 Å². The van der Waals surface area contributed by atoms with Crippen molar-refractivity contribution in [2.75, 3.05) is 13.2 Å². The van der Waals surface area contributed by atoms with Crippen LogP contribution in [0.3, 0.4) is 0 Å². The summed E-state index contributed by atoms with van der Waals surface area (Å²) in [4.78, 5) is 15.5. The molecule has 2 rings (SSSR count). The van der Waals surface area contributed by atoms with Crippen LogP contribution < -0.4 is 4.74 Å². The van der Waals surface area contributed by atoms with E-state index in [1.165, 1.54) is 0 Å². The second kappa shape index (κ2) is 5.24. The molecule has 1 aliphatic rings. The van der Waals surface area contributed by atoms with Gasteiger partial charge in [-0.3, -0.25) is 0 Å². The van der Waals surface area contributed by atoms with E-state index in [-0.39, 0.29) is 6.61 Å². The van der Waals surface area contributed by atoms with Crippen LogP contribution >= 0.6 is 15.9 Å². The van der Waals surface area contributed by atoms with Gasteiger partial charge in [-0.1, -0.05) is 0 Å². The fourth-order valence-electron chi connectivity index (χ4n) is 1.83. The topological polar surface area (TPSA) is 68.7 Å². The van der Waals surface area contributed by atoms with E-state index in [1.807, 2.05) is 6.92 Å². The Labute approximate surface area is 113 Å². The molecular formula is C12H14BrNO4. The lowest BCUT2D eigenvalue weighted by Crippen LogP contribution is -2.51. The fourth-order valence-corrected chi connectivity index (χ4v) is 2.05. The first-order valence-corrected chi connectivity index (χ1v) is 6.45. The highest BCUT2D eigenvalue weighted by molar-refractivity contribution is 9.10. The molecule has 1 aliphatic heterocycles. The molecule has 1 fully saturated rings. The highest BCUT2D eigenvalue weighted by atomic mass is 79.9. The average Bonchev–Trinajstić information content (AvgIpc) is 2.35. The standard InChI is InChI=1S/C12H14BrNO4/c1-8-5-10(14-6-9(8)13)18-12(11(15)16)3-2-4-17-7-12/h5-6H,2-4,7H2,1H3,(H,15,16). The van der Waals surface area contributed by atoms with E-state index in [4.69, 9.17) is 9.47 Å². The number of hydrogen-bond donors (Lipinski definition) is 1. The Bertz CT molecular complexity index is 457. The van der Waals surface area contributed by atoms with Crippen LogP contribution in [0, 0.1) is 6.92 Å². The molecule has 0 radical (unpaired) electrons. The third-order valence-electron chi connectivity index (χ3n) is 2.92. The minimum atomic E-state index is -1.31. The summed E-state index contributed by atoms with van der Waals surface area (Å²) >= 11 is 3.34. The van der Waals surface area contributed by atoms with Crippen molar-refractivity contribution in [2.24, 2.45) is 0 Å². The molecule has 1 aromatic heterocycles. The summed E-state index contributed by atoms with van der Waals surface area (Å²) in [7, 11) is 0. The highest BCUT2D eigenvalue weighted by Gasteiger charge is 2.43. The fraction of sp³-hybridized carbons (Fsp3) is 0.500. The number of rotatable bonds is 3. The van der Waals surface area contributed by atoms with Crippen molar-refractivity contribution in [1.29, 1.82) is 0 Å². The molecule has 0 saturated carbocycles. The summed E-state index contributed by atoms with van der Waals surface area (Å²) in [6, 6.07) is 1.71. The molecule has 98 valence electrons. The SMILES string of the molecule is Cc1cc(OC2(C(=O)O)CCCOC2)ncc1Br. The molecule has 1 atom stereocenters. The number of carbonyl (C=O) groups is 1. The number of carboxylic acid groups (broad SMARTS) is 1. The lowest BCUT2D eigenvalue weighted by Gasteiger charge is -2.32. The molecule has 0 aliphatic carbocycles. The van der Waals surface area contributed by atoms with Gasteiger partial charge in [-0.25, -0.2) is 9.78 Å². The van der Waals surface area contributed by atoms with Gasteiger partial charge in [0.15, 0.2) is 0 Å². The zero-order chi connectivity index (χ0) is 13.2. The molecule has 0 spiro atoms. The lowest BCUT2D eigenvalue weighted by molar-refractivity contribution is -0.167. The molecule has 6 heteroatoms. The molecule has 18 heavy (non-hydrogen) atoms. The number of pyridine rings is 1. The number of aryl methyl sites for hydroxylation is 1. The molecular weight excluding hydrogens is 302 g/mol. The first-order valence-electron chi connectivity index (χ1n) is 5.66. The van der Waals surface area contributed by atoms with Crippen molar-refractivity contribution in [3.8, 4) is 5.88 Å². The van der Waals surface area contributed by atoms with Gasteiger partial charge in [-0.05, 0) is 34.8 Å². The van der Waals surface area contributed by atoms with Crippen LogP contribution in [0.5, 0.6) is 5.88 Å². The minimum absolute atomic E-state index is 0.0547. The summed E-state index contributed by atoms with van der Waals surface area (Å²) in [5, 5.41) is 9.33. The smallest absolute Gasteiger partial charge is 0.350 e. The van der Waals surface area contributed by atoms with Gasteiger partial charge < -0.3 is 14.6 Å². The zero-order valence-corrected chi connectivity index (χ0v) is 11.6. The Balaban J connectivity index is 2.23. The number of carboxylic acids is 1. The average molecular weight is 316 g/mol. The second-order valence-electron chi connectivity index (χ2n) is 4.33. The first kappa shape index (κ1) is 13.3. The van der Waals surface area contributed by atoms with Crippen molar-refractivity contribution in [1.82, 2.24) is 4.98 Å². The molecule has 5 nitrogen and oxygen atoms in total. The van der Waals surface area contributed by atoms with E-state index in [0.29, 0.717) is 25.3 Å². The van der Waals surface area contributed by atoms with Crippen LogP contribution in [-0.2, 0) is 9.53 Å². The second-order valence-corrected chi connectivity index (χ2v) is 5.18. The lowest BCUT2D eigenvalue weighted by atomic mass is 9.96. The quantitative estimate of drug-likeness (QED) is 0.925. The first-order chi connectivity index (χ1) is 8.53. The number of nitrogens with zero attached hydrogens (tertiary/aromatic N) is 1. The molecule has 1 saturated heterocycles. The largest absolute Gasteiger partial charge is 0.478 e. The van der Waals surface area contributed by atoms with Gasteiger partial charge in [0.2, 0.25) is 11.5 Å². The Hall–Kier alpha value is -1.14. The maximum absolute atomic E-state index is 11.4. The number of halogens is 1. The van der Waals surface area contributed by atoms with Gasteiger partial charge in [0.1, 0.15) is 0 Å². The maximum atomic E-state index is 11.4. The molecule has 1 unspecified atom stereocenters. The van der Waals surface area contributed by atoms with Gasteiger partial charge in [0.25, 0.3) is 0 Å². The predicted molar refractivity (Wildman–Crippen MR) is 67.7 cm³/mol. The van der Waals surface area contributed by atoms with Crippen molar-refractivity contribution >= 4 is 21.9 Å². The van der Waals surface area contributed by atoms with Crippen molar-refractivity contribution < 1.29 is 19.4 Å². The monoisotopic (exact) mass is 315 g/mol. The van der Waals surface area contributed by atoms with Gasteiger partial charge in [-0.15, -0.1) is 0 Å². The van der Waals surface area contributed by atoms with Crippen molar-refractivity contribution in [3.05, 3.63) is 22.3 Å². The predicted octanol–water partition coefficient (Wildman–Crippen LogP) is 2.17. The van der Waals surface area contributed by atoms with Gasteiger partial charge in [0, 0.05) is 29.8 Å². The van der Waals surface area contributed by atoms with Gasteiger partial charge >= 0.3 is 5.97 Å². The molecule has 0 bridgehead atoms. The Morgan fingerprint density at radius 1 is 1.67 bits per heavy atom. The number of aromatic nitrogens is 1. The number of hydrogen-bond acceptors (Lipinski definition) is 4. The van der Waals surface area contributed by atoms with Crippen LogP contribution in [0.1, 0.15) is 18.4 Å². The summed E-state index contributed by atoms with van der Waals surface area (Å²) < 4.78 is 11.7. The summed E-state index contributed by atoms with van der Waals surface area (Å²) in [6.07, 6.45) is 2.70. The molecule has 2 heterocycles. The van der Waals surface area contributed by atoms with Crippen LogP contribution in [-0.4, -0.2) is 34.9 Å². The maximum Gasteiger partial charge on any atom is 0.350 e. The highest BCUT2D eigenvalue weighted by Crippen LogP contribution is 2.27. The van der Waals surface area contributed by atoms with Crippen LogP contribution in [0.2, 0.25) is 0 Å². The van der Waals surface area contributed by atoms with Gasteiger partial charge in [-0.2, -0.15) is 0 Å². The van der Waals surface area contributed by atoms with Crippen LogP contribution in [0.4, 0.5) is 0 Å². The van der Waals surface area contributed by atoms with E-state index < -0.39 is 11.6 Å². The van der Waals surface area contributed by atoms with Crippen LogP contribution in [0.15, 0.2) is 16.7 Å². The Morgan fingerprint density at radius 3 is 3.00 bits per heavy atom. The summed E-state index contributed by atoms with van der Waals surface area (Å²) in [5.74, 6) is -0.701. The van der Waals surface area contributed by atoms with Crippen molar-refractivity contribution in [2.45, 2.75) is 25.4 Å². The summed E-state index contributed by atoms with van der Waals surface area (Å²) in [6.45, 7) is 2.52. The molecule has 0 amide bonds.